The van der Waals surface area contributed by atoms with Crippen LogP contribution in [0, 0.1) is 35.5 Å². The molecule has 288 valence electrons. The number of esters is 1. The first-order valence-electron chi connectivity index (χ1n) is 15.9. The molecule has 0 aromatic rings. The Kier molecular flexibility index (Phi) is 14.2. The van der Waals surface area contributed by atoms with Crippen LogP contribution in [0.2, 0.25) is 24.2 Å². The second-order valence-corrected chi connectivity index (χ2v) is 35.0. The van der Waals surface area contributed by atoms with Gasteiger partial charge in [-0.15, -0.1) is 33.2 Å². The molecule has 0 aromatic heterocycles. The molecule has 0 aliphatic heterocycles. The van der Waals surface area contributed by atoms with Crippen molar-refractivity contribution in [2.24, 2.45) is 35.5 Å². The molecule has 49 heavy (non-hydrogen) atoms. The molecule has 0 spiro atoms. The van der Waals surface area contributed by atoms with Crippen LogP contribution < -0.4 is 4.72 Å². The minimum Gasteiger partial charge on any atom is -0.460 e. The van der Waals surface area contributed by atoms with Crippen LogP contribution in [0.3, 0.4) is 0 Å². The summed E-state index contributed by atoms with van der Waals surface area (Å²) in [6.45, 7) is 8.29. The summed E-state index contributed by atoms with van der Waals surface area (Å²) in [4.78, 5) is 36.3. The van der Waals surface area contributed by atoms with E-state index in [0.717, 1.165) is 6.42 Å². The molecule has 4 bridgehead atoms. The minimum absolute atomic E-state index is 0.0156. The van der Waals surface area contributed by atoms with E-state index in [-0.39, 0.29) is 53.6 Å². The first kappa shape index (κ1) is 44.0. The van der Waals surface area contributed by atoms with E-state index in [9.17, 15) is 36.0 Å². The number of hydrogen-bond donors (Lipinski definition) is 3. The number of ether oxygens (including phenoxy) is 1. The van der Waals surface area contributed by atoms with Gasteiger partial charge in [-0.25, -0.2) is 13.1 Å². The fourth-order valence-corrected chi connectivity index (χ4v) is 19.4. The lowest BCUT2D eigenvalue weighted by Crippen LogP contribution is -2.64. The lowest BCUT2D eigenvalue weighted by Gasteiger charge is -2.43. The van der Waals surface area contributed by atoms with Crippen LogP contribution in [-0.4, -0.2) is 95.4 Å². The molecule has 4 aliphatic rings. The molecular formula is C26H49Cl3F3NO11SSi4. The number of carbonyl (C=O) groups excluding carboxylic acids is 1. The van der Waals surface area contributed by atoms with Crippen molar-refractivity contribution in [1.29, 1.82) is 0 Å². The number of nitrogens with one attached hydrogen (secondary N) is 1. The molecule has 11 atom stereocenters. The second kappa shape index (κ2) is 15.8. The molecule has 0 aromatic carbocycles. The molecule has 0 heterocycles. The van der Waals surface area contributed by atoms with Crippen LogP contribution in [-0.2, 0) is 41.1 Å². The Morgan fingerprint density at radius 1 is 0.796 bits per heavy atom. The second-order valence-electron chi connectivity index (χ2n) is 14.6. The van der Waals surface area contributed by atoms with Gasteiger partial charge >= 0.3 is 53.9 Å². The summed E-state index contributed by atoms with van der Waals surface area (Å²) in [6.07, 6.45) is 3.13. The number of fused-ring (bicyclic) bond motifs is 4. The Bertz CT molecular complexity index is 1280. The highest BCUT2D eigenvalue weighted by Crippen LogP contribution is 2.60. The van der Waals surface area contributed by atoms with Crippen LogP contribution in [0.5, 0.6) is 0 Å². The van der Waals surface area contributed by atoms with Crippen molar-refractivity contribution < 1.29 is 62.2 Å². The number of alkyl halides is 3. The van der Waals surface area contributed by atoms with Gasteiger partial charge in [-0.3, -0.25) is 4.79 Å². The predicted octanol–water partition coefficient (Wildman–Crippen LogP) is 5.27. The lowest BCUT2D eigenvalue weighted by atomic mass is 9.88. The standard InChI is InChI=1S/C25H46F3NO11SSi3.CH3Cl3Si/c1-24(2,3)38-23(30)20-11-18-9-16(20)13-22(18)44(34,37-6)40-42(7,35-4)39-43(33,36-5)21-12-15-8-17(21)10-19(15)14-29-41(31,32)25(26,27)28;1-5(2,3)4/h15-22,29,33-34H,8-14H2,1-7H3;1H3. The molecule has 4 rings (SSSR count). The number of sulfonamides is 1. The van der Waals surface area contributed by atoms with Crippen LogP contribution in [0.4, 0.5) is 13.2 Å². The van der Waals surface area contributed by atoms with E-state index in [2.05, 4.69) is 0 Å². The van der Waals surface area contributed by atoms with Crippen LogP contribution in [0.15, 0.2) is 0 Å². The van der Waals surface area contributed by atoms with Crippen LogP contribution >= 0.6 is 33.2 Å². The van der Waals surface area contributed by atoms with E-state index in [4.69, 9.17) is 59.5 Å². The molecule has 23 heteroatoms. The Hall–Kier alpha value is 0.628. The summed E-state index contributed by atoms with van der Waals surface area (Å²) in [7, 11) is -13.3. The van der Waals surface area contributed by atoms with Gasteiger partial charge in [0.25, 0.3) is 0 Å². The van der Waals surface area contributed by atoms with Crippen molar-refractivity contribution in [2.75, 3.05) is 27.9 Å². The molecule has 11 unspecified atom stereocenters. The van der Waals surface area contributed by atoms with Gasteiger partial charge in [-0.2, -0.15) is 13.2 Å². The molecule has 4 aliphatic carbocycles. The van der Waals surface area contributed by atoms with Crippen LogP contribution in [0.1, 0.15) is 59.3 Å². The van der Waals surface area contributed by atoms with E-state index in [0.29, 0.717) is 32.1 Å². The summed E-state index contributed by atoms with van der Waals surface area (Å²) in [5, 5.41) is 0. The zero-order chi connectivity index (χ0) is 37.6. The summed E-state index contributed by atoms with van der Waals surface area (Å²) in [5.41, 5.74) is -6.81. The Labute approximate surface area is 305 Å². The molecule has 4 fully saturated rings. The van der Waals surface area contributed by atoms with Gasteiger partial charge in [-0.1, -0.05) is 0 Å². The number of rotatable bonds is 13. The van der Waals surface area contributed by atoms with Crippen molar-refractivity contribution >= 4 is 81.6 Å². The van der Waals surface area contributed by atoms with Gasteiger partial charge in [0, 0.05) is 45.5 Å². The summed E-state index contributed by atoms with van der Waals surface area (Å²) >= 11 is 15.6. The maximum atomic E-state index is 12.8. The van der Waals surface area contributed by atoms with Crippen molar-refractivity contribution in [1.82, 2.24) is 4.72 Å². The highest BCUT2D eigenvalue weighted by Gasteiger charge is 2.66. The third kappa shape index (κ3) is 11.1. The van der Waals surface area contributed by atoms with Gasteiger partial charge in [0.15, 0.2) is 0 Å². The number of halogens is 6. The third-order valence-electron chi connectivity index (χ3n) is 9.97. The van der Waals surface area contributed by atoms with Crippen LogP contribution in [0.25, 0.3) is 0 Å². The average molecular weight is 859 g/mol. The quantitative estimate of drug-likeness (QED) is 0.126. The van der Waals surface area contributed by atoms with E-state index in [1.54, 1.807) is 17.8 Å². The summed E-state index contributed by atoms with van der Waals surface area (Å²) < 4.78 is 97.9. The SMILES string of the molecule is CO[Si](C)(O[Si](O)(OC)C1CC2CC1CC2CNS(=O)(=O)C(F)(F)F)O[Si](O)(OC)C1CC2CC1CC2C(=O)OC(C)(C)C.C[Si](Cl)(Cl)Cl. The van der Waals surface area contributed by atoms with Gasteiger partial charge in [0.1, 0.15) is 5.60 Å². The molecular weight excluding hydrogens is 810 g/mol. The Balaban J connectivity index is 0.00000121. The minimum atomic E-state index is -5.44. The number of hydrogen-bond acceptors (Lipinski definition) is 11. The molecule has 4 saturated carbocycles. The maximum absolute atomic E-state index is 12.8. The third-order valence-corrected chi connectivity index (χ3v) is 21.6. The van der Waals surface area contributed by atoms with Gasteiger partial charge < -0.3 is 35.8 Å². The van der Waals surface area contributed by atoms with Gasteiger partial charge in [0.05, 0.1) is 5.92 Å². The zero-order valence-corrected chi connectivity index (χ0v) is 35.9. The molecule has 3 N–H and O–H groups in total. The predicted molar refractivity (Wildman–Crippen MR) is 185 cm³/mol. The normalized spacial score (nSPS) is 33.7. The smallest absolute Gasteiger partial charge is 0.460 e. The monoisotopic (exact) mass is 857 g/mol. The fraction of sp³-hybridized carbons (Fsp3) is 0.962. The number of carbonyl (C=O) groups is 1. The molecule has 0 radical (unpaired) electrons. The van der Waals surface area contributed by atoms with E-state index >= 15 is 0 Å². The molecule has 0 amide bonds. The maximum Gasteiger partial charge on any atom is 0.511 e. The van der Waals surface area contributed by atoms with E-state index in [1.165, 1.54) is 21.3 Å². The van der Waals surface area contributed by atoms with Gasteiger partial charge in [-0.05, 0) is 95.4 Å². The Morgan fingerprint density at radius 2 is 1.24 bits per heavy atom. The van der Waals surface area contributed by atoms with E-state index in [1.807, 2.05) is 20.8 Å². The topological polar surface area (TPSA) is 159 Å². The largest absolute Gasteiger partial charge is 0.511 e. The molecule has 12 nitrogen and oxygen atoms in total. The highest BCUT2D eigenvalue weighted by atomic mass is 35.8. The van der Waals surface area contributed by atoms with Crippen molar-refractivity contribution in [3.05, 3.63) is 0 Å². The van der Waals surface area contributed by atoms with Crippen molar-refractivity contribution in [3.8, 4) is 0 Å². The Morgan fingerprint density at radius 3 is 1.59 bits per heavy atom. The summed E-state index contributed by atoms with van der Waals surface area (Å²) in [6, 6.07) is -2.19. The average Bonchev–Trinajstić information content (AvgIpc) is 3.74. The first-order valence-corrected chi connectivity index (χ1v) is 28.9. The van der Waals surface area contributed by atoms with Crippen molar-refractivity contribution in [3.63, 3.8) is 0 Å². The zero-order valence-electron chi connectivity index (χ0n) is 28.8. The molecule has 0 saturated heterocycles. The first-order chi connectivity index (χ1) is 22.1. The highest BCUT2D eigenvalue weighted by molar-refractivity contribution is 7.90. The van der Waals surface area contributed by atoms with E-state index < -0.39 is 59.1 Å². The lowest BCUT2D eigenvalue weighted by molar-refractivity contribution is -0.162. The van der Waals surface area contributed by atoms with Crippen molar-refractivity contribution in [2.45, 2.75) is 94.6 Å². The summed E-state index contributed by atoms with van der Waals surface area (Å²) in [5.74, 6) is -1.13. The fourth-order valence-electron chi connectivity index (χ4n) is 7.95. The van der Waals surface area contributed by atoms with Gasteiger partial charge in [0.2, 0.25) is 0 Å².